The maximum atomic E-state index is 8.37. The van der Waals surface area contributed by atoms with Crippen LogP contribution in [0, 0.1) is 11.3 Å². The van der Waals surface area contributed by atoms with Crippen molar-refractivity contribution in [1.29, 1.82) is 5.26 Å². The lowest BCUT2D eigenvalue weighted by atomic mass is 10.4. The Morgan fingerprint density at radius 2 is 2.67 bits per heavy atom. The van der Waals surface area contributed by atoms with Gasteiger partial charge < -0.3 is 0 Å². The molecule has 1 heterocycles. The largest absolute Gasteiger partial charge is 0.247 e. The quantitative estimate of drug-likeness (QED) is 0.655. The predicted octanol–water partition coefficient (Wildman–Crippen LogP) is 2.10. The van der Waals surface area contributed by atoms with Crippen molar-refractivity contribution in [3.8, 4) is 6.07 Å². The van der Waals surface area contributed by atoms with E-state index in [1.807, 2.05) is 11.4 Å². The van der Waals surface area contributed by atoms with Crippen molar-refractivity contribution in [2.75, 3.05) is 0 Å². The van der Waals surface area contributed by atoms with Crippen molar-refractivity contribution in [3.63, 3.8) is 0 Å². The number of alkyl halides is 1. The highest BCUT2D eigenvalue weighted by atomic mass is 79.9. The average Bonchev–Trinajstić information content (AvgIpc) is 2.37. The van der Waals surface area contributed by atoms with Crippen LogP contribution in [0.15, 0.2) is 10.9 Å². The third-order valence-corrected chi connectivity index (χ3v) is 2.10. The first-order valence-corrected chi connectivity index (χ1v) is 4.12. The van der Waals surface area contributed by atoms with Gasteiger partial charge in [0.25, 0.3) is 0 Å². The summed E-state index contributed by atoms with van der Waals surface area (Å²) in [6.07, 6.45) is 0. The van der Waals surface area contributed by atoms with Crippen LogP contribution in [0.2, 0.25) is 0 Å². The molecule has 0 bridgehead atoms. The highest BCUT2D eigenvalue weighted by Gasteiger charge is 2.05. The van der Waals surface area contributed by atoms with Crippen molar-refractivity contribution in [2.24, 2.45) is 0 Å². The average molecular weight is 203 g/mol. The molecule has 0 fully saturated rings. The standard InChI is InChI=1S/C5H3BrN2S/c6-4(1-7)5-2-9-3-8-5/h2-4H. The summed E-state index contributed by atoms with van der Waals surface area (Å²) in [5.41, 5.74) is 2.50. The molecule has 0 saturated carbocycles. The second-order valence-electron chi connectivity index (χ2n) is 1.40. The first-order valence-electron chi connectivity index (χ1n) is 2.26. The monoisotopic (exact) mass is 202 g/mol. The molecule has 0 aliphatic heterocycles. The summed E-state index contributed by atoms with van der Waals surface area (Å²) in [6, 6.07) is 2.03. The minimum absolute atomic E-state index is 0.247. The Bertz CT molecular complexity index is 213. The lowest BCUT2D eigenvalue weighted by molar-refractivity contribution is 1.15. The summed E-state index contributed by atoms with van der Waals surface area (Å²) in [5, 5.41) is 10.2. The van der Waals surface area contributed by atoms with Gasteiger partial charge in [0.2, 0.25) is 0 Å². The summed E-state index contributed by atoms with van der Waals surface area (Å²) in [6.45, 7) is 0. The molecule has 0 radical (unpaired) electrons. The minimum Gasteiger partial charge on any atom is -0.247 e. The molecule has 0 aliphatic carbocycles. The lowest BCUT2D eigenvalue weighted by Gasteiger charge is -1.89. The number of hydrogen-bond donors (Lipinski definition) is 0. The molecule has 4 heteroatoms. The number of nitriles is 1. The van der Waals surface area contributed by atoms with Crippen LogP contribution in [0.1, 0.15) is 10.5 Å². The van der Waals surface area contributed by atoms with Crippen molar-refractivity contribution >= 4 is 27.3 Å². The molecular formula is C5H3BrN2S. The van der Waals surface area contributed by atoms with Crippen LogP contribution in [0.5, 0.6) is 0 Å². The van der Waals surface area contributed by atoms with Gasteiger partial charge in [-0.15, -0.1) is 11.3 Å². The van der Waals surface area contributed by atoms with Gasteiger partial charge in [0, 0.05) is 5.38 Å². The van der Waals surface area contributed by atoms with Gasteiger partial charge in [-0.1, -0.05) is 15.9 Å². The van der Waals surface area contributed by atoms with E-state index in [0.717, 1.165) is 5.69 Å². The highest BCUT2D eigenvalue weighted by molar-refractivity contribution is 9.09. The van der Waals surface area contributed by atoms with Crippen LogP contribution in [0.25, 0.3) is 0 Å². The lowest BCUT2D eigenvalue weighted by Crippen LogP contribution is -1.82. The Kier molecular flexibility index (Phi) is 2.20. The summed E-state index contributed by atoms with van der Waals surface area (Å²) in [4.78, 5) is 3.69. The van der Waals surface area contributed by atoms with E-state index in [1.54, 1.807) is 5.51 Å². The molecule has 9 heavy (non-hydrogen) atoms. The third-order valence-electron chi connectivity index (χ3n) is 0.824. The zero-order valence-electron chi connectivity index (χ0n) is 4.41. The van der Waals surface area contributed by atoms with E-state index in [0.29, 0.717) is 0 Å². The molecule has 46 valence electrons. The van der Waals surface area contributed by atoms with E-state index in [-0.39, 0.29) is 4.83 Å². The topological polar surface area (TPSA) is 36.7 Å². The van der Waals surface area contributed by atoms with Gasteiger partial charge in [-0.25, -0.2) is 4.98 Å². The molecule has 0 aromatic carbocycles. The van der Waals surface area contributed by atoms with Crippen LogP contribution in [0.3, 0.4) is 0 Å². The molecule has 0 N–H and O–H groups in total. The summed E-state index contributed by atoms with van der Waals surface area (Å²) in [5.74, 6) is 0. The molecule has 0 aliphatic rings. The van der Waals surface area contributed by atoms with Crippen LogP contribution in [-0.4, -0.2) is 4.98 Å². The van der Waals surface area contributed by atoms with Crippen molar-refractivity contribution in [3.05, 3.63) is 16.6 Å². The number of rotatable bonds is 1. The van der Waals surface area contributed by atoms with Gasteiger partial charge in [-0.05, 0) is 0 Å². The van der Waals surface area contributed by atoms with E-state index < -0.39 is 0 Å². The molecule has 1 aromatic rings. The number of nitrogens with zero attached hydrogens (tertiary/aromatic N) is 2. The Labute approximate surface area is 65.3 Å². The van der Waals surface area contributed by atoms with Gasteiger partial charge in [-0.3, -0.25) is 0 Å². The first kappa shape index (κ1) is 6.72. The van der Waals surface area contributed by atoms with E-state index in [2.05, 4.69) is 20.9 Å². The molecule has 0 saturated heterocycles. The van der Waals surface area contributed by atoms with Gasteiger partial charge in [-0.2, -0.15) is 5.26 Å². The maximum Gasteiger partial charge on any atom is 0.144 e. The zero-order valence-corrected chi connectivity index (χ0v) is 6.82. The van der Waals surface area contributed by atoms with Crippen molar-refractivity contribution in [2.45, 2.75) is 4.83 Å². The maximum absolute atomic E-state index is 8.37. The minimum atomic E-state index is -0.247. The van der Waals surface area contributed by atoms with Gasteiger partial charge in [0.1, 0.15) is 4.83 Å². The summed E-state index contributed by atoms with van der Waals surface area (Å²) in [7, 11) is 0. The zero-order chi connectivity index (χ0) is 6.69. The molecular weight excluding hydrogens is 200 g/mol. The Hall–Kier alpha value is -0.400. The molecule has 0 spiro atoms. The van der Waals surface area contributed by atoms with Crippen LogP contribution in [0.4, 0.5) is 0 Å². The van der Waals surface area contributed by atoms with Crippen molar-refractivity contribution < 1.29 is 0 Å². The Morgan fingerprint density at radius 3 is 3.11 bits per heavy atom. The summed E-state index contributed by atoms with van der Waals surface area (Å²) < 4.78 is 0. The number of hydrogen-bond acceptors (Lipinski definition) is 3. The fourth-order valence-corrected chi connectivity index (χ4v) is 1.42. The van der Waals surface area contributed by atoms with Gasteiger partial charge in [0.15, 0.2) is 0 Å². The fourth-order valence-electron chi connectivity index (χ4n) is 0.413. The second kappa shape index (κ2) is 2.95. The van der Waals surface area contributed by atoms with E-state index >= 15 is 0 Å². The Balaban J connectivity index is 2.80. The third kappa shape index (κ3) is 1.50. The van der Waals surface area contributed by atoms with E-state index in [4.69, 9.17) is 5.26 Å². The number of aromatic nitrogens is 1. The Morgan fingerprint density at radius 1 is 1.89 bits per heavy atom. The van der Waals surface area contributed by atoms with Gasteiger partial charge in [0.05, 0.1) is 17.3 Å². The van der Waals surface area contributed by atoms with Crippen molar-refractivity contribution in [1.82, 2.24) is 4.98 Å². The molecule has 0 amide bonds. The van der Waals surface area contributed by atoms with Gasteiger partial charge >= 0.3 is 0 Å². The van der Waals surface area contributed by atoms with Crippen LogP contribution < -0.4 is 0 Å². The SMILES string of the molecule is N#CC(Br)c1cscn1. The van der Waals surface area contributed by atoms with Crippen LogP contribution >= 0.6 is 27.3 Å². The number of thiazole rings is 1. The number of halogens is 1. The molecule has 1 rings (SSSR count). The first-order chi connectivity index (χ1) is 4.34. The van der Waals surface area contributed by atoms with E-state index in [9.17, 15) is 0 Å². The smallest absolute Gasteiger partial charge is 0.144 e. The normalized spacial score (nSPS) is 12.4. The summed E-state index contributed by atoms with van der Waals surface area (Å²) >= 11 is 4.64. The molecule has 2 nitrogen and oxygen atoms in total. The highest BCUT2D eigenvalue weighted by Crippen LogP contribution is 2.20. The fraction of sp³-hybridized carbons (Fsp3) is 0.200. The van der Waals surface area contributed by atoms with E-state index in [1.165, 1.54) is 11.3 Å². The molecule has 1 aromatic heterocycles. The molecule has 1 unspecified atom stereocenters. The van der Waals surface area contributed by atoms with Crippen LogP contribution in [-0.2, 0) is 0 Å². The second-order valence-corrected chi connectivity index (χ2v) is 3.04. The molecule has 1 atom stereocenters. The predicted molar refractivity (Wildman–Crippen MR) is 39.4 cm³/mol.